The predicted molar refractivity (Wildman–Crippen MR) is 134 cm³/mol. The molecule has 4 nitrogen and oxygen atoms in total. The summed E-state index contributed by atoms with van der Waals surface area (Å²) < 4.78 is 0. The number of rotatable bonds is 10. The lowest BCUT2D eigenvalue weighted by atomic mass is 10.1. The van der Waals surface area contributed by atoms with Gasteiger partial charge in [0.05, 0.1) is 5.75 Å². The molecule has 3 rings (SSSR count). The van der Waals surface area contributed by atoms with Crippen molar-refractivity contribution in [3.8, 4) is 0 Å². The monoisotopic (exact) mass is 472 g/mol. The van der Waals surface area contributed by atoms with Gasteiger partial charge in [0.1, 0.15) is 6.04 Å². The molecule has 0 unspecified atom stereocenters. The Morgan fingerprint density at radius 1 is 1.16 bits per heavy atom. The molecule has 32 heavy (non-hydrogen) atoms. The van der Waals surface area contributed by atoms with Crippen molar-refractivity contribution in [1.82, 2.24) is 10.2 Å². The van der Waals surface area contributed by atoms with Crippen LogP contribution in [-0.2, 0) is 21.9 Å². The van der Waals surface area contributed by atoms with E-state index in [2.05, 4.69) is 5.32 Å². The lowest BCUT2D eigenvalue weighted by molar-refractivity contribution is -0.139. The summed E-state index contributed by atoms with van der Waals surface area (Å²) in [6.07, 6.45) is 4.98. The first-order chi connectivity index (χ1) is 15.5. The fraction of sp³-hybridized carbons (Fsp3) is 0.462. The van der Waals surface area contributed by atoms with E-state index in [-0.39, 0.29) is 17.9 Å². The fourth-order valence-electron chi connectivity index (χ4n) is 4.22. The number of hydrogen-bond donors (Lipinski definition) is 1. The van der Waals surface area contributed by atoms with Crippen LogP contribution in [0.15, 0.2) is 48.5 Å². The smallest absolute Gasteiger partial charge is 0.243 e. The Bertz CT molecular complexity index is 914. The van der Waals surface area contributed by atoms with Crippen molar-refractivity contribution in [1.29, 1.82) is 0 Å². The lowest BCUT2D eigenvalue weighted by Gasteiger charge is -2.32. The zero-order valence-corrected chi connectivity index (χ0v) is 20.6. The molecule has 2 aromatic rings. The Kier molecular flexibility index (Phi) is 9.49. The lowest BCUT2D eigenvalue weighted by Crippen LogP contribution is -2.51. The molecule has 1 atom stereocenters. The van der Waals surface area contributed by atoms with Gasteiger partial charge in [-0.2, -0.15) is 0 Å². The van der Waals surface area contributed by atoms with Crippen molar-refractivity contribution in [2.45, 2.75) is 70.3 Å². The first-order valence-corrected chi connectivity index (χ1v) is 13.0. The van der Waals surface area contributed by atoms with Gasteiger partial charge in [0, 0.05) is 23.4 Å². The highest BCUT2D eigenvalue weighted by Crippen LogP contribution is 2.22. The number of benzene rings is 2. The Morgan fingerprint density at radius 2 is 1.91 bits per heavy atom. The molecule has 6 heteroatoms. The van der Waals surface area contributed by atoms with Crippen molar-refractivity contribution in [3.63, 3.8) is 0 Å². The Balaban J connectivity index is 1.71. The SMILES string of the molecule is CC[C@H](C(=O)NC1CCCC1)N(Cc1ccccc1C)C(=O)CSCc1cccc(Cl)c1. The second kappa shape index (κ2) is 12.3. The molecule has 1 N–H and O–H groups in total. The van der Waals surface area contributed by atoms with Crippen LogP contribution in [0.3, 0.4) is 0 Å². The summed E-state index contributed by atoms with van der Waals surface area (Å²) in [7, 11) is 0. The van der Waals surface area contributed by atoms with Gasteiger partial charge >= 0.3 is 0 Å². The Hall–Kier alpha value is -1.98. The number of nitrogens with one attached hydrogen (secondary N) is 1. The van der Waals surface area contributed by atoms with Crippen molar-refractivity contribution in [3.05, 3.63) is 70.2 Å². The molecule has 0 heterocycles. The highest BCUT2D eigenvalue weighted by atomic mass is 35.5. The van der Waals surface area contributed by atoms with E-state index >= 15 is 0 Å². The quantitative estimate of drug-likeness (QED) is 0.479. The highest BCUT2D eigenvalue weighted by molar-refractivity contribution is 7.99. The van der Waals surface area contributed by atoms with Crippen molar-refractivity contribution in [2.24, 2.45) is 0 Å². The maximum absolute atomic E-state index is 13.4. The first-order valence-electron chi connectivity index (χ1n) is 11.4. The van der Waals surface area contributed by atoms with Gasteiger partial charge in [-0.15, -0.1) is 11.8 Å². The molecule has 0 saturated heterocycles. The van der Waals surface area contributed by atoms with Crippen LogP contribution in [0.5, 0.6) is 0 Å². The van der Waals surface area contributed by atoms with Gasteiger partial charge in [-0.1, -0.05) is 67.8 Å². The van der Waals surface area contributed by atoms with Gasteiger partial charge in [-0.25, -0.2) is 0 Å². The number of hydrogen-bond acceptors (Lipinski definition) is 3. The molecule has 0 spiro atoms. The van der Waals surface area contributed by atoms with Crippen molar-refractivity contribution >= 4 is 35.2 Å². The number of amides is 2. The minimum absolute atomic E-state index is 0.00583. The molecule has 0 radical (unpaired) electrons. The number of nitrogens with zero attached hydrogens (tertiary/aromatic N) is 1. The standard InChI is InChI=1S/C26H33ClN2O2S/c1-3-24(26(31)28-23-13-6-7-14-23)29(16-21-11-5-4-9-19(21)2)25(30)18-32-17-20-10-8-12-22(27)15-20/h4-5,8-12,15,23-24H,3,6-7,13-14,16-18H2,1-2H3,(H,28,31)/t24-/m1/s1. The van der Waals surface area contributed by atoms with E-state index < -0.39 is 6.04 Å². The van der Waals surface area contributed by atoms with E-state index in [1.807, 2.05) is 62.4 Å². The summed E-state index contributed by atoms with van der Waals surface area (Å²) in [6, 6.07) is 15.5. The Labute approximate surface area is 201 Å². The average Bonchev–Trinajstić information content (AvgIpc) is 3.28. The molecule has 2 aromatic carbocycles. The van der Waals surface area contributed by atoms with Crippen molar-refractivity contribution < 1.29 is 9.59 Å². The van der Waals surface area contributed by atoms with Gasteiger partial charge in [-0.05, 0) is 55.0 Å². The molecule has 0 aromatic heterocycles. The summed E-state index contributed by atoms with van der Waals surface area (Å²) in [5, 5.41) is 3.90. The third kappa shape index (κ3) is 7.01. The van der Waals surface area contributed by atoms with Crippen LogP contribution in [0.2, 0.25) is 5.02 Å². The number of carbonyl (C=O) groups excluding carboxylic acids is 2. The third-order valence-electron chi connectivity index (χ3n) is 6.07. The maximum atomic E-state index is 13.4. The van der Waals surface area contributed by atoms with Crippen LogP contribution in [0.1, 0.15) is 55.7 Å². The van der Waals surface area contributed by atoms with Crippen LogP contribution in [0.25, 0.3) is 0 Å². The van der Waals surface area contributed by atoms with E-state index in [9.17, 15) is 9.59 Å². The maximum Gasteiger partial charge on any atom is 0.243 e. The number of thioether (sulfide) groups is 1. The van der Waals surface area contributed by atoms with E-state index in [0.29, 0.717) is 29.5 Å². The number of halogens is 1. The van der Waals surface area contributed by atoms with E-state index in [0.717, 1.165) is 42.4 Å². The largest absolute Gasteiger partial charge is 0.352 e. The second-order valence-corrected chi connectivity index (χ2v) is 9.91. The molecular weight excluding hydrogens is 440 g/mol. The van der Waals surface area contributed by atoms with Gasteiger partial charge in [-0.3, -0.25) is 9.59 Å². The summed E-state index contributed by atoms with van der Waals surface area (Å²) in [4.78, 5) is 28.3. The molecule has 1 fully saturated rings. The van der Waals surface area contributed by atoms with Crippen LogP contribution >= 0.6 is 23.4 Å². The highest BCUT2D eigenvalue weighted by Gasteiger charge is 2.30. The topological polar surface area (TPSA) is 49.4 Å². The van der Waals surface area contributed by atoms with E-state index in [1.54, 1.807) is 16.7 Å². The summed E-state index contributed by atoms with van der Waals surface area (Å²) in [5.41, 5.74) is 3.29. The molecule has 1 aliphatic carbocycles. The Morgan fingerprint density at radius 3 is 2.59 bits per heavy atom. The molecule has 172 valence electrons. The third-order valence-corrected chi connectivity index (χ3v) is 7.30. The summed E-state index contributed by atoms with van der Waals surface area (Å²) in [6.45, 7) is 4.47. The van der Waals surface area contributed by atoms with Crippen molar-refractivity contribution in [2.75, 3.05) is 5.75 Å². The molecule has 1 saturated carbocycles. The van der Waals surface area contributed by atoms with E-state index in [4.69, 9.17) is 11.6 Å². The van der Waals surface area contributed by atoms with Crippen LogP contribution in [0, 0.1) is 6.92 Å². The summed E-state index contributed by atoms with van der Waals surface area (Å²) >= 11 is 7.64. The predicted octanol–water partition coefficient (Wildman–Crippen LogP) is 5.75. The summed E-state index contributed by atoms with van der Waals surface area (Å²) in [5.74, 6) is 0.996. The minimum Gasteiger partial charge on any atom is -0.352 e. The molecule has 1 aliphatic rings. The van der Waals surface area contributed by atoms with Crippen LogP contribution in [-0.4, -0.2) is 34.6 Å². The van der Waals surface area contributed by atoms with Gasteiger partial charge in [0.2, 0.25) is 11.8 Å². The van der Waals surface area contributed by atoms with Gasteiger partial charge in [0.15, 0.2) is 0 Å². The molecule has 2 amide bonds. The number of carbonyl (C=O) groups is 2. The molecular formula is C26H33ClN2O2S. The first kappa shape index (κ1) is 24.7. The normalized spacial score (nSPS) is 14.8. The van der Waals surface area contributed by atoms with Gasteiger partial charge in [0.25, 0.3) is 0 Å². The second-order valence-electron chi connectivity index (χ2n) is 8.48. The number of aryl methyl sites for hydroxylation is 1. The van der Waals surface area contributed by atoms with Crippen LogP contribution < -0.4 is 5.32 Å². The fourth-order valence-corrected chi connectivity index (χ4v) is 5.29. The zero-order chi connectivity index (χ0) is 22.9. The molecule has 0 aliphatic heterocycles. The van der Waals surface area contributed by atoms with Crippen LogP contribution in [0.4, 0.5) is 0 Å². The van der Waals surface area contributed by atoms with Gasteiger partial charge < -0.3 is 10.2 Å². The molecule has 0 bridgehead atoms. The zero-order valence-electron chi connectivity index (χ0n) is 19.0. The minimum atomic E-state index is -0.463. The van der Waals surface area contributed by atoms with E-state index in [1.165, 1.54) is 0 Å². The average molecular weight is 473 g/mol.